The number of piperazine rings is 1. The Labute approximate surface area is 197 Å². The van der Waals surface area contributed by atoms with Crippen LogP contribution in [-0.4, -0.2) is 54.1 Å². The molecular weight excluding hydrogens is 438 g/mol. The standard InChI is InChI=1S/C25H29N3O4S/c1-4-32-25(31)21-22(18-8-5-6-9-19(18)28(24(21)30)16-17(2)3)26-11-13-27(14-12-26)23(29)20-10-7-15-33-20/h5-10,15,17H,4,11-14,16H2,1-3H3. The van der Waals surface area contributed by atoms with E-state index in [9.17, 15) is 14.4 Å². The van der Waals surface area contributed by atoms with Gasteiger partial charge in [-0.3, -0.25) is 9.59 Å². The van der Waals surface area contributed by atoms with Gasteiger partial charge in [-0.1, -0.05) is 38.1 Å². The van der Waals surface area contributed by atoms with Crippen LogP contribution in [0, 0.1) is 5.92 Å². The van der Waals surface area contributed by atoms with E-state index in [-0.39, 0.29) is 29.6 Å². The molecule has 33 heavy (non-hydrogen) atoms. The van der Waals surface area contributed by atoms with Gasteiger partial charge in [0.25, 0.3) is 11.5 Å². The average molecular weight is 468 g/mol. The summed E-state index contributed by atoms with van der Waals surface area (Å²) in [6.07, 6.45) is 0. The Morgan fingerprint density at radius 1 is 1.06 bits per heavy atom. The molecule has 0 spiro atoms. The Morgan fingerprint density at radius 3 is 2.42 bits per heavy atom. The summed E-state index contributed by atoms with van der Waals surface area (Å²) in [4.78, 5) is 44.0. The van der Waals surface area contributed by atoms with E-state index in [2.05, 4.69) is 0 Å². The van der Waals surface area contributed by atoms with Gasteiger partial charge in [0.1, 0.15) is 5.56 Å². The number of ether oxygens (including phenoxy) is 1. The highest BCUT2D eigenvalue weighted by atomic mass is 32.1. The van der Waals surface area contributed by atoms with Gasteiger partial charge >= 0.3 is 5.97 Å². The van der Waals surface area contributed by atoms with E-state index in [4.69, 9.17) is 4.74 Å². The molecule has 0 unspecified atom stereocenters. The van der Waals surface area contributed by atoms with Crippen LogP contribution in [0.3, 0.4) is 0 Å². The van der Waals surface area contributed by atoms with E-state index in [1.165, 1.54) is 11.3 Å². The first kappa shape index (κ1) is 23.0. The highest BCUT2D eigenvalue weighted by molar-refractivity contribution is 7.12. The topological polar surface area (TPSA) is 71.8 Å². The Morgan fingerprint density at radius 2 is 1.79 bits per heavy atom. The number of hydrogen-bond donors (Lipinski definition) is 0. The van der Waals surface area contributed by atoms with E-state index in [1.807, 2.05) is 65.4 Å². The van der Waals surface area contributed by atoms with Gasteiger partial charge in [-0.25, -0.2) is 4.79 Å². The molecule has 3 heterocycles. The van der Waals surface area contributed by atoms with Crippen molar-refractivity contribution in [2.45, 2.75) is 27.3 Å². The number of carbonyl (C=O) groups is 2. The molecular formula is C25H29N3O4S. The van der Waals surface area contributed by atoms with Gasteiger partial charge in [-0.15, -0.1) is 11.3 Å². The molecule has 1 saturated heterocycles. The summed E-state index contributed by atoms with van der Waals surface area (Å²) < 4.78 is 7.00. The van der Waals surface area contributed by atoms with Crippen molar-refractivity contribution in [3.8, 4) is 0 Å². The minimum Gasteiger partial charge on any atom is -0.462 e. The van der Waals surface area contributed by atoms with Crippen molar-refractivity contribution in [1.82, 2.24) is 9.47 Å². The van der Waals surface area contributed by atoms with Crippen LogP contribution in [0.25, 0.3) is 10.9 Å². The van der Waals surface area contributed by atoms with Crippen molar-refractivity contribution in [2.24, 2.45) is 5.92 Å². The predicted molar refractivity (Wildman–Crippen MR) is 131 cm³/mol. The number of aromatic nitrogens is 1. The van der Waals surface area contributed by atoms with Gasteiger partial charge in [-0.05, 0) is 30.4 Å². The molecule has 1 aromatic carbocycles. The smallest absolute Gasteiger partial charge is 0.345 e. The quantitative estimate of drug-likeness (QED) is 0.515. The third-order valence-corrected chi connectivity index (χ3v) is 6.65. The predicted octanol–water partition coefficient (Wildman–Crippen LogP) is 3.86. The fourth-order valence-electron chi connectivity index (χ4n) is 4.34. The Bertz CT molecular complexity index is 1210. The normalized spacial score (nSPS) is 14.2. The number of para-hydroxylation sites is 1. The molecule has 0 bridgehead atoms. The zero-order valence-corrected chi connectivity index (χ0v) is 20.1. The first-order valence-corrected chi connectivity index (χ1v) is 12.2. The van der Waals surface area contributed by atoms with Crippen LogP contribution in [0.1, 0.15) is 40.8 Å². The van der Waals surface area contributed by atoms with E-state index in [1.54, 1.807) is 11.5 Å². The molecule has 1 amide bonds. The van der Waals surface area contributed by atoms with Crippen molar-refractivity contribution in [1.29, 1.82) is 0 Å². The lowest BCUT2D eigenvalue weighted by molar-refractivity contribution is 0.0523. The molecule has 3 aromatic rings. The molecule has 0 aliphatic carbocycles. The maximum atomic E-state index is 13.6. The first-order valence-electron chi connectivity index (χ1n) is 11.3. The maximum absolute atomic E-state index is 13.6. The van der Waals surface area contributed by atoms with Crippen LogP contribution in [0.2, 0.25) is 0 Å². The number of esters is 1. The van der Waals surface area contributed by atoms with E-state index in [0.29, 0.717) is 38.4 Å². The number of thiophene rings is 1. The second-order valence-electron chi connectivity index (χ2n) is 8.53. The fraction of sp³-hybridized carbons (Fsp3) is 0.400. The molecule has 1 fully saturated rings. The second-order valence-corrected chi connectivity index (χ2v) is 9.48. The van der Waals surface area contributed by atoms with Gasteiger partial charge in [0, 0.05) is 38.1 Å². The van der Waals surface area contributed by atoms with Crippen molar-refractivity contribution >= 4 is 39.8 Å². The highest BCUT2D eigenvalue weighted by Crippen LogP contribution is 2.31. The number of pyridine rings is 1. The molecule has 2 aromatic heterocycles. The maximum Gasteiger partial charge on any atom is 0.345 e. The van der Waals surface area contributed by atoms with Gasteiger partial charge in [0.05, 0.1) is 22.7 Å². The monoisotopic (exact) mass is 467 g/mol. The zero-order valence-electron chi connectivity index (χ0n) is 19.2. The summed E-state index contributed by atoms with van der Waals surface area (Å²) in [5.41, 5.74) is 1.16. The van der Waals surface area contributed by atoms with E-state index in [0.717, 1.165) is 15.8 Å². The summed E-state index contributed by atoms with van der Waals surface area (Å²) in [6, 6.07) is 11.4. The van der Waals surface area contributed by atoms with Gasteiger partial charge in [-0.2, -0.15) is 0 Å². The molecule has 1 aliphatic heterocycles. The van der Waals surface area contributed by atoms with Crippen LogP contribution < -0.4 is 10.5 Å². The summed E-state index contributed by atoms with van der Waals surface area (Å²) in [6.45, 7) is 8.62. The fourth-order valence-corrected chi connectivity index (χ4v) is 5.03. The van der Waals surface area contributed by atoms with Gasteiger partial charge < -0.3 is 19.1 Å². The molecule has 8 heteroatoms. The van der Waals surface area contributed by atoms with E-state index >= 15 is 0 Å². The number of rotatable bonds is 6. The minimum absolute atomic E-state index is 0.0208. The molecule has 1 aliphatic rings. The van der Waals surface area contributed by atoms with E-state index < -0.39 is 5.97 Å². The van der Waals surface area contributed by atoms with Gasteiger partial charge in [0.2, 0.25) is 0 Å². The lowest BCUT2D eigenvalue weighted by Crippen LogP contribution is -2.49. The summed E-state index contributed by atoms with van der Waals surface area (Å²) in [7, 11) is 0. The lowest BCUT2D eigenvalue weighted by atomic mass is 10.0. The molecule has 0 N–H and O–H groups in total. The molecule has 0 saturated carbocycles. The number of fused-ring (bicyclic) bond motifs is 1. The molecule has 7 nitrogen and oxygen atoms in total. The van der Waals surface area contributed by atoms with Crippen molar-refractivity contribution < 1.29 is 14.3 Å². The Hall–Kier alpha value is -3.13. The second kappa shape index (κ2) is 9.79. The van der Waals surface area contributed by atoms with Crippen LogP contribution in [-0.2, 0) is 11.3 Å². The largest absolute Gasteiger partial charge is 0.462 e. The highest BCUT2D eigenvalue weighted by Gasteiger charge is 2.30. The Balaban J connectivity index is 1.77. The molecule has 0 atom stereocenters. The van der Waals surface area contributed by atoms with Crippen LogP contribution in [0.15, 0.2) is 46.6 Å². The first-order chi connectivity index (χ1) is 15.9. The minimum atomic E-state index is -0.599. The number of anilines is 1. The third kappa shape index (κ3) is 4.53. The Kier molecular flexibility index (Phi) is 6.83. The summed E-state index contributed by atoms with van der Waals surface area (Å²) in [5, 5.41) is 2.74. The third-order valence-electron chi connectivity index (χ3n) is 5.79. The number of amides is 1. The molecule has 174 valence electrons. The zero-order chi connectivity index (χ0) is 23.5. The van der Waals surface area contributed by atoms with Crippen LogP contribution in [0.5, 0.6) is 0 Å². The number of benzene rings is 1. The number of carbonyl (C=O) groups excluding carboxylic acids is 2. The van der Waals surface area contributed by atoms with Crippen LogP contribution in [0.4, 0.5) is 5.69 Å². The van der Waals surface area contributed by atoms with Crippen molar-refractivity contribution in [3.63, 3.8) is 0 Å². The SMILES string of the molecule is CCOC(=O)c1c(N2CCN(C(=O)c3cccs3)CC2)c2ccccc2n(CC(C)C)c1=O. The average Bonchev–Trinajstić information content (AvgIpc) is 3.35. The lowest BCUT2D eigenvalue weighted by Gasteiger charge is -2.37. The number of nitrogens with zero attached hydrogens (tertiary/aromatic N) is 3. The van der Waals surface area contributed by atoms with Gasteiger partial charge in [0.15, 0.2) is 0 Å². The molecule has 0 radical (unpaired) electrons. The van der Waals surface area contributed by atoms with Crippen molar-refractivity contribution in [2.75, 3.05) is 37.7 Å². The number of hydrogen-bond acceptors (Lipinski definition) is 6. The summed E-state index contributed by atoms with van der Waals surface area (Å²) >= 11 is 1.43. The van der Waals surface area contributed by atoms with Crippen molar-refractivity contribution in [3.05, 3.63) is 62.6 Å². The molecule has 4 rings (SSSR count). The van der Waals surface area contributed by atoms with Crippen LogP contribution >= 0.6 is 11.3 Å². The summed E-state index contributed by atoms with van der Waals surface area (Å²) in [5.74, 6) is -0.343.